The van der Waals surface area contributed by atoms with Gasteiger partial charge in [-0.3, -0.25) is 0 Å². The third kappa shape index (κ3) is 374. The first-order chi connectivity index (χ1) is 3.41. The van der Waals surface area contributed by atoms with Crippen molar-refractivity contribution in [2.45, 2.75) is 7.43 Å². The first kappa shape index (κ1) is 16.6. The van der Waals surface area contributed by atoms with Gasteiger partial charge in [-0.1, -0.05) is 7.43 Å². The van der Waals surface area contributed by atoms with Crippen molar-refractivity contribution in [2.75, 3.05) is 5.34 Å². The number of halogens is 4. The highest BCUT2D eigenvalue weighted by Gasteiger charge is 1.88. The van der Waals surface area contributed by atoms with E-state index in [2.05, 4.69) is 21.4 Å². The molecular weight excluding hydrogens is 230 g/mol. The van der Waals surface area contributed by atoms with Crippen molar-refractivity contribution >= 4 is 52.8 Å². The van der Waals surface area contributed by atoms with Gasteiger partial charge in [-0.2, -0.15) is 8.42 Å². The number of rotatable bonds is 0. The summed E-state index contributed by atoms with van der Waals surface area (Å²) in [6, 6.07) is 0. The van der Waals surface area contributed by atoms with Gasteiger partial charge in [-0.25, -0.2) is 0 Å². The molecule has 0 aromatic heterocycles. The number of alkyl halides is 2. The molecule has 0 aromatic rings. The van der Waals surface area contributed by atoms with E-state index in [0.29, 0.717) is 0 Å². The van der Waals surface area contributed by atoms with Crippen LogP contribution in [0.5, 0.6) is 0 Å². The molecule has 0 fully saturated rings. The van der Waals surface area contributed by atoms with Crippen LogP contribution in [-0.4, -0.2) is 13.8 Å². The van der Waals surface area contributed by atoms with Crippen molar-refractivity contribution in [3.05, 3.63) is 0 Å². The molecular formula is C2H6Cl4O2S. The summed E-state index contributed by atoms with van der Waals surface area (Å²) in [5, 5.41) is 0.194. The van der Waals surface area contributed by atoms with Gasteiger partial charge >= 0.3 is 8.26 Å². The molecule has 0 saturated heterocycles. The number of hydrogen-bond acceptors (Lipinski definition) is 2. The summed E-state index contributed by atoms with van der Waals surface area (Å²) < 4.78 is 18.3. The standard InChI is InChI=1S/CH2Cl2.CH4.Cl2O2S/c2-1-3;;1-5(2,3)4/h1H2;1H4;. The van der Waals surface area contributed by atoms with Gasteiger partial charge in [0.2, 0.25) is 0 Å². The van der Waals surface area contributed by atoms with Crippen molar-refractivity contribution in [1.82, 2.24) is 0 Å². The van der Waals surface area contributed by atoms with Crippen LogP contribution in [0.15, 0.2) is 0 Å². The minimum Gasteiger partial charge on any atom is -0.195 e. The zero-order chi connectivity index (χ0) is 7.21. The Labute approximate surface area is 74.0 Å². The molecule has 0 radical (unpaired) electrons. The molecule has 60 valence electrons. The van der Waals surface area contributed by atoms with Crippen molar-refractivity contribution in [2.24, 2.45) is 0 Å². The van der Waals surface area contributed by atoms with Crippen molar-refractivity contribution in [1.29, 1.82) is 0 Å². The highest BCUT2D eigenvalue weighted by atomic mass is 36.0. The highest BCUT2D eigenvalue weighted by Crippen LogP contribution is 1.98. The second-order valence-corrected chi connectivity index (χ2v) is 4.96. The van der Waals surface area contributed by atoms with Gasteiger partial charge in [-0.15, -0.1) is 23.2 Å². The Balaban J connectivity index is -0.0000000800. The fourth-order valence-electron chi connectivity index (χ4n) is 0. The summed E-state index contributed by atoms with van der Waals surface area (Å²) in [6.07, 6.45) is 0. The van der Waals surface area contributed by atoms with Crippen molar-refractivity contribution in [3.8, 4) is 0 Å². The van der Waals surface area contributed by atoms with E-state index in [1.165, 1.54) is 0 Å². The van der Waals surface area contributed by atoms with Crippen LogP contribution in [0.2, 0.25) is 0 Å². The summed E-state index contributed by atoms with van der Waals surface area (Å²) in [7, 11) is 4.81. The molecule has 9 heavy (non-hydrogen) atoms. The van der Waals surface area contributed by atoms with E-state index in [9.17, 15) is 0 Å². The van der Waals surface area contributed by atoms with Crippen LogP contribution in [0.3, 0.4) is 0 Å². The van der Waals surface area contributed by atoms with Gasteiger partial charge in [0.25, 0.3) is 0 Å². The third-order valence-corrected chi connectivity index (χ3v) is 0. The predicted molar refractivity (Wildman–Crippen MR) is 43.9 cm³/mol. The van der Waals surface area contributed by atoms with Gasteiger partial charge in [0, 0.05) is 21.4 Å². The van der Waals surface area contributed by atoms with Crippen LogP contribution in [0, 0.1) is 0 Å². The Kier molecular flexibility index (Phi) is 16.8. The Morgan fingerprint density at radius 2 is 1.11 bits per heavy atom. The topological polar surface area (TPSA) is 34.1 Å². The highest BCUT2D eigenvalue weighted by molar-refractivity contribution is 8.31. The summed E-state index contributed by atoms with van der Waals surface area (Å²) in [6.45, 7) is 0. The first-order valence-corrected chi connectivity index (χ1v) is 5.38. The quantitative estimate of drug-likeness (QED) is 0.478. The summed E-state index contributed by atoms with van der Waals surface area (Å²) in [4.78, 5) is 0. The summed E-state index contributed by atoms with van der Waals surface area (Å²) >= 11 is 9.53. The van der Waals surface area contributed by atoms with Gasteiger partial charge in [0.15, 0.2) is 0 Å². The van der Waals surface area contributed by atoms with E-state index in [-0.39, 0.29) is 12.8 Å². The minimum atomic E-state index is -3.72. The summed E-state index contributed by atoms with van der Waals surface area (Å²) in [5.41, 5.74) is 0. The normalized spacial score (nSPS) is 8.44. The van der Waals surface area contributed by atoms with Crippen molar-refractivity contribution < 1.29 is 8.42 Å². The maximum Gasteiger partial charge on any atom is 0.317 e. The van der Waals surface area contributed by atoms with Gasteiger partial charge in [0.05, 0.1) is 5.34 Å². The average molecular weight is 236 g/mol. The fraction of sp³-hybridized carbons (Fsp3) is 1.00. The molecule has 0 N–H and O–H groups in total. The molecule has 0 aliphatic carbocycles. The fourth-order valence-corrected chi connectivity index (χ4v) is 0. The smallest absolute Gasteiger partial charge is 0.195 e. The van der Waals surface area contributed by atoms with Crippen LogP contribution < -0.4 is 0 Å². The molecule has 0 aromatic carbocycles. The predicted octanol–water partition coefficient (Wildman–Crippen LogP) is 2.77. The van der Waals surface area contributed by atoms with E-state index < -0.39 is 8.26 Å². The molecule has 0 rings (SSSR count). The van der Waals surface area contributed by atoms with Crippen LogP contribution in [0.1, 0.15) is 7.43 Å². The molecule has 0 aliphatic heterocycles. The lowest BCUT2D eigenvalue weighted by atomic mass is 11.9. The van der Waals surface area contributed by atoms with E-state index >= 15 is 0 Å². The van der Waals surface area contributed by atoms with E-state index in [4.69, 9.17) is 31.6 Å². The molecule has 0 aliphatic rings. The molecule has 0 saturated carbocycles. The lowest BCUT2D eigenvalue weighted by Crippen LogP contribution is -1.63. The van der Waals surface area contributed by atoms with Crippen LogP contribution in [-0.2, 0) is 8.26 Å². The maximum absolute atomic E-state index is 9.16. The molecule has 2 nitrogen and oxygen atoms in total. The van der Waals surface area contributed by atoms with Crippen LogP contribution in [0.25, 0.3) is 0 Å². The molecule has 0 unspecified atom stereocenters. The largest absolute Gasteiger partial charge is 0.317 e. The number of hydrogen-bond donors (Lipinski definition) is 0. The van der Waals surface area contributed by atoms with E-state index in [1.807, 2.05) is 0 Å². The zero-order valence-electron chi connectivity index (χ0n) is 3.44. The molecule has 7 heteroatoms. The lowest BCUT2D eigenvalue weighted by molar-refractivity contribution is 0.621. The minimum absolute atomic E-state index is 0. The molecule has 0 spiro atoms. The zero-order valence-corrected chi connectivity index (χ0v) is 7.28. The molecule has 0 bridgehead atoms. The molecule has 0 heterocycles. The summed E-state index contributed by atoms with van der Waals surface area (Å²) in [5.74, 6) is 0. The second kappa shape index (κ2) is 9.11. The Bertz CT molecular complexity index is 111. The van der Waals surface area contributed by atoms with Gasteiger partial charge in [0.1, 0.15) is 0 Å². The van der Waals surface area contributed by atoms with Crippen molar-refractivity contribution in [3.63, 3.8) is 0 Å². The average Bonchev–Trinajstić information content (AvgIpc) is 1.27. The van der Waals surface area contributed by atoms with Crippen LogP contribution >= 0.6 is 44.6 Å². The van der Waals surface area contributed by atoms with E-state index in [0.717, 1.165) is 0 Å². The second-order valence-electron chi connectivity index (χ2n) is 0.479. The lowest BCUT2D eigenvalue weighted by Gasteiger charge is -1.61. The first-order valence-electron chi connectivity index (χ1n) is 1.18. The monoisotopic (exact) mass is 234 g/mol. The van der Waals surface area contributed by atoms with Gasteiger partial charge < -0.3 is 0 Å². The van der Waals surface area contributed by atoms with Gasteiger partial charge in [-0.05, 0) is 0 Å². The van der Waals surface area contributed by atoms with E-state index in [1.54, 1.807) is 0 Å². The maximum atomic E-state index is 9.16. The molecule has 0 atom stereocenters. The van der Waals surface area contributed by atoms with Crippen LogP contribution in [0.4, 0.5) is 0 Å². The Hall–Kier alpha value is 1.11. The molecule has 0 amide bonds. The SMILES string of the molecule is C.ClCCl.O=S(=O)(Cl)Cl. The third-order valence-electron chi connectivity index (χ3n) is 0. The Morgan fingerprint density at radius 3 is 1.11 bits per heavy atom. The Morgan fingerprint density at radius 1 is 1.11 bits per heavy atom.